The number of fused-ring (bicyclic) bond motifs is 1. The highest BCUT2D eigenvalue weighted by molar-refractivity contribution is 6.00. The minimum Gasteiger partial charge on any atom is -0.489 e. The lowest BCUT2D eigenvalue weighted by Crippen LogP contribution is -2.12. The second kappa shape index (κ2) is 7.54. The molecular weight excluding hydrogens is 324 g/mol. The highest BCUT2D eigenvalue weighted by Crippen LogP contribution is 2.24. The van der Waals surface area contributed by atoms with Crippen LogP contribution in [0.15, 0.2) is 66.2 Å². The van der Waals surface area contributed by atoms with Gasteiger partial charge in [0.25, 0.3) is 5.91 Å². The molecule has 4 heteroatoms. The van der Waals surface area contributed by atoms with Gasteiger partial charge in [-0.3, -0.25) is 4.79 Å². The quantitative estimate of drug-likeness (QED) is 0.560. The van der Waals surface area contributed by atoms with E-state index < -0.39 is 5.91 Å². The summed E-state index contributed by atoms with van der Waals surface area (Å²) in [6.45, 7) is 2.54. The number of nitriles is 1. The fraction of sp³-hybridized carbons (Fsp3) is 0.0909. The molecule has 0 aliphatic heterocycles. The second-order valence-corrected chi connectivity index (χ2v) is 5.97. The van der Waals surface area contributed by atoms with Gasteiger partial charge in [-0.25, -0.2) is 0 Å². The van der Waals surface area contributed by atoms with Crippen molar-refractivity contribution in [2.24, 2.45) is 5.73 Å². The predicted molar refractivity (Wildman–Crippen MR) is 102 cm³/mol. The fourth-order valence-electron chi connectivity index (χ4n) is 2.78. The second-order valence-electron chi connectivity index (χ2n) is 5.97. The minimum absolute atomic E-state index is 0.0787. The maximum atomic E-state index is 11.1. The summed E-state index contributed by atoms with van der Waals surface area (Å²) in [4.78, 5) is 11.1. The topological polar surface area (TPSA) is 76.1 Å². The van der Waals surface area contributed by atoms with Gasteiger partial charge in [0.1, 0.15) is 24.0 Å². The van der Waals surface area contributed by atoms with E-state index in [1.165, 1.54) is 22.4 Å². The number of benzene rings is 3. The predicted octanol–water partition coefficient (Wildman–Crippen LogP) is 4.12. The molecule has 3 rings (SSSR count). The van der Waals surface area contributed by atoms with Crippen LogP contribution in [0.4, 0.5) is 0 Å². The van der Waals surface area contributed by atoms with Crippen LogP contribution >= 0.6 is 0 Å². The Morgan fingerprint density at radius 1 is 1.12 bits per heavy atom. The van der Waals surface area contributed by atoms with E-state index in [0.717, 1.165) is 5.56 Å². The number of nitrogens with two attached hydrogens (primary N) is 1. The number of nitrogens with zero attached hydrogens (tertiary/aromatic N) is 1. The van der Waals surface area contributed by atoms with Crippen molar-refractivity contribution in [3.05, 3.63) is 82.9 Å². The van der Waals surface area contributed by atoms with Gasteiger partial charge in [0.05, 0.1) is 0 Å². The third-order valence-corrected chi connectivity index (χ3v) is 4.23. The van der Waals surface area contributed by atoms with Crippen LogP contribution in [0.5, 0.6) is 5.75 Å². The molecule has 0 aromatic heterocycles. The van der Waals surface area contributed by atoms with Gasteiger partial charge in [0.15, 0.2) is 0 Å². The van der Waals surface area contributed by atoms with Crippen molar-refractivity contribution in [1.82, 2.24) is 0 Å². The van der Waals surface area contributed by atoms with E-state index in [-0.39, 0.29) is 5.57 Å². The van der Waals surface area contributed by atoms with E-state index >= 15 is 0 Å². The van der Waals surface area contributed by atoms with Gasteiger partial charge in [0, 0.05) is 5.56 Å². The molecule has 0 heterocycles. The number of aryl methyl sites for hydroxylation is 1. The molecule has 0 spiro atoms. The largest absolute Gasteiger partial charge is 0.489 e. The lowest BCUT2D eigenvalue weighted by atomic mass is 10.0. The molecule has 3 aromatic rings. The molecule has 0 aliphatic carbocycles. The summed E-state index contributed by atoms with van der Waals surface area (Å²) in [6, 6.07) is 21.4. The van der Waals surface area contributed by atoms with E-state index in [0.29, 0.717) is 17.9 Å². The number of carbonyl (C=O) groups excluding carboxylic acids is 1. The van der Waals surface area contributed by atoms with Crippen LogP contribution in [0.1, 0.15) is 16.7 Å². The molecular formula is C22H18N2O2. The molecule has 128 valence electrons. The smallest absolute Gasteiger partial charge is 0.259 e. The lowest BCUT2D eigenvalue weighted by molar-refractivity contribution is -0.114. The fourth-order valence-corrected chi connectivity index (χ4v) is 2.78. The number of rotatable bonds is 5. The Labute approximate surface area is 152 Å². The molecule has 26 heavy (non-hydrogen) atoms. The molecule has 0 atom stereocenters. The lowest BCUT2D eigenvalue weighted by Gasteiger charge is -2.12. The van der Waals surface area contributed by atoms with Crippen LogP contribution in [0.3, 0.4) is 0 Å². The van der Waals surface area contributed by atoms with Gasteiger partial charge >= 0.3 is 0 Å². The molecule has 2 N–H and O–H groups in total. The molecule has 0 radical (unpaired) electrons. The van der Waals surface area contributed by atoms with Crippen molar-refractivity contribution in [2.45, 2.75) is 13.5 Å². The SMILES string of the molecule is Cc1ccc2ccccc2c1COc1ccc(/C=C(\C#N)C(N)=O)cc1. The molecule has 1 amide bonds. The molecule has 3 aromatic carbocycles. The Morgan fingerprint density at radius 3 is 2.54 bits per heavy atom. The summed E-state index contributed by atoms with van der Waals surface area (Å²) in [5.41, 5.74) is 8.12. The van der Waals surface area contributed by atoms with Gasteiger partial charge in [-0.1, -0.05) is 48.5 Å². The highest BCUT2D eigenvalue weighted by atomic mass is 16.5. The molecule has 4 nitrogen and oxygen atoms in total. The van der Waals surface area contributed by atoms with E-state index in [1.54, 1.807) is 18.2 Å². The Balaban J connectivity index is 1.78. The Morgan fingerprint density at radius 2 is 1.85 bits per heavy atom. The zero-order chi connectivity index (χ0) is 18.5. The molecule has 0 bridgehead atoms. The monoisotopic (exact) mass is 342 g/mol. The van der Waals surface area contributed by atoms with Gasteiger partial charge in [-0.15, -0.1) is 0 Å². The summed E-state index contributed by atoms with van der Waals surface area (Å²) >= 11 is 0. The summed E-state index contributed by atoms with van der Waals surface area (Å²) in [6.07, 6.45) is 1.46. The summed E-state index contributed by atoms with van der Waals surface area (Å²) in [7, 11) is 0. The maximum absolute atomic E-state index is 11.1. The van der Waals surface area contributed by atoms with Crippen LogP contribution in [0, 0.1) is 18.3 Å². The first-order chi connectivity index (χ1) is 12.6. The third-order valence-electron chi connectivity index (χ3n) is 4.23. The maximum Gasteiger partial charge on any atom is 0.259 e. The number of carbonyl (C=O) groups is 1. The van der Waals surface area contributed by atoms with Crippen LogP contribution in [0.25, 0.3) is 16.8 Å². The molecule has 0 saturated heterocycles. The van der Waals surface area contributed by atoms with Crippen molar-refractivity contribution in [1.29, 1.82) is 5.26 Å². The molecule has 0 fully saturated rings. The Kier molecular flexibility index (Phi) is 5.00. The normalized spacial score (nSPS) is 11.2. The first-order valence-corrected chi connectivity index (χ1v) is 8.20. The number of primary amides is 1. The van der Waals surface area contributed by atoms with Gasteiger partial charge in [0.2, 0.25) is 0 Å². The Bertz CT molecular complexity index is 1030. The number of ether oxygens (including phenoxy) is 1. The van der Waals surface area contributed by atoms with Crippen molar-refractivity contribution in [3.8, 4) is 11.8 Å². The first kappa shape index (κ1) is 17.2. The summed E-state index contributed by atoms with van der Waals surface area (Å²) in [5, 5.41) is 11.3. The summed E-state index contributed by atoms with van der Waals surface area (Å²) < 4.78 is 5.94. The van der Waals surface area contributed by atoms with Gasteiger partial charge in [-0.05, 0) is 47.0 Å². The Hall–Kier alpha value is -3.58. The minimum atomic E-state index is -0.737. The van der Waals surface area contributed by atoms with Crippen molar-refractivity contribution in [3.63, 3.8) is 0 Å². The number of hydrogen-bond acceptors (Lipinski definition) is 3. The van der Waals surface area contributed by atoms with Crippen LogP contribution in [-0.2, 0) is 11.4 Å². The van der Waals surface area contributed by atoms with E-state index in [4.69, 9.17) is 15.7 Å². The van der Waals surface area contributed by atoms with E-state index in [2.05, 4.69) is 31.2 Å². The standard InChI is InChI=1S/C22H18N2O2/c1-15-6-9-17-4-2-3-5-20(17)21(15)14-26-19-10-7-16(8-11-19)12-18(13-23)22(24)25/h2-12H,14H2,1H3,(H2,24,25)/b18-12+. The summed E-state index contributed by atoms with van der Waals surface area (Å²) in [5.74, 6) is -0.0219. The van der Waals surface area contributed by atoms with Crippen molar-refractivity contribution >= 4 is 22.8 Å². The van der Waals surface area contributed by atoms with Gasteiger partial charge in [-0.2, -0.15) is 5.26 Å². The van der Waals surface area contributed by atoms with Crippen molar-refractivity contribution < 1.29 is 9.53 Å². The average Bonchev–Trinajstić information content (AvgIpc) is 2.66. The zero-order valence-electron chi connectivity index (χ0n) is 14.4. The van der Waals surface area contributed by atoms with Gasteiger partial charge < -0.3 is 10.5 Å². The zero-order valence-corrected chi connectivity index (χ0v) is 14.4. The van der Waals surface area contributed by atoms with Crippen LogP contribution in [-0.4, -0.2) is 5.91 Å². The molecule has 0 saturated carbocycles. The third kappa shape index (κ3) is 3.73. The van der Waals surface area contributed by atoms with Crippen LogP contribution < -0.4 is 10.5 Å². The average molecular weight is 342 g/mol. The van der Waals surface area contributed by atoms with E-state index in [9.17, 15) is 4.79 Å². The van der Waals surface area contributed by atoms with E-state index in [1.807, 2.05) is 24.3 Å². The molecule has 0 aliphatic rings. The van der Waals surface area contributed by atoms with Crippen LogP contribution in [0.2, 0.25) is 0 Å². The first-order valence-electron chi connectivity index (χ1n) is 8.20. The van der Waals surface area contributed by atoms with Crippen molar-refractivity contribution in [2.75, 3.05) is 0 Å². The number of hydrogen-bond donors (Lipinski definition) is 1. The molecule has 0 unspecified atom stereocenters. The highest BCUT2D eigenvalue weighted by Gasteiger charge is 2.06. The number of amides is 1.